The fourth-order valence-corrected chi connectivity index (χ4v) is 2.44. The third-order valence-corrected chi connectivity index (χ3v) is 3.67. The quantitative estimate of drug-likeness (QED) is 0.593. The van der Waals surface area contributed by atoms with Gasteiger partial charge >= 0.3 is 0 Å². The van der Waals surface area contributed by atoms with Gasteiger partial charge in [0.1, 0.15) is 11.6 Å². The van der Waals surface area contributed by atoms with Crippen LogP contribution in [0.2, 0.25) is 0 Å². The molecule has 20 heavy (non-hydrogen) atoms. The Morgan fingerprint density at radius 1 is 1.10 bits per heavy atom. The van der Waals surface area contributed by atoms with Gasteiger partial charge in [0.15, 0.2) is 0 Å². The molecular weight excluding hydrogens is 273 g/mol. The zero-order chi connectivity index (χ0) is 14.2. The van der Waals surface area contributed by atoms with Gasteiger partial charge in [-0.3, -0.25) is 0 Å². The fraction of sp³-hybridized carbons (Fsp3) is 0.188. The standard InChI is InChI=1S/C16H14FNOS/c17-15-3-1-2-4-16(15)20-12-11-19-14-7-5-13(6-8-14)9-10-18/h1-8H,9,11-12H2. The van der Waals surface area contributed by atoms with Crippen molar-refractivity contribution in [3.63, 3.8) is 0 Å². The Kier molecular flexibility index (Phi) is 5.45. The van der Waals surface area contributed by atoms with Crippen molar-refractivity contribution < 1.29 is 9.13 Å². The molecule has 0 unspecified atom stereocenters. The SMILES string of the molecule is N#CCc1ccc(OCCSc2ccccc2F)cc1. The van der Waals surface area contributed by atoms with E-state index in [1.807, 2.05) is 30.3 Å². The summed E-state index contributed by atoms with van der Waals surface area (Å²) in [4.78, 5) is 0.639. The highest BCUT2D eigenvalue weighted by Crippen LogP contribution is 2.21. The Hall–Kier alpha value is -1.99. The number of ether oxygens (including phenoxy) is 1. The molecule has 0 amide bonds. The zero-order valence-electron chi connectivity index (χ0n) is 10.9. The highest BCUT2D eigenvalue weighted by molar-refractivity contribution is 7.99. The summed E-state index contributed by atoms with van der Waals surface area (Å²) in [7, 11) is 0. The smallest absolute Gasteiger partial charge is 0.136 e. The minimum atomic E-state index is -0.196. The van der Waals surface area contributed by atoms with E-state index in [0.717, 1.165) is 11.3 Å². The van der Waals surface area contributed by atoms with E-state index in [4.69, 9.17) is 10.00 Å². The molecule has 0 aliphatic rings. The normalized spacial score (nSPS) is 10.0. The number of hydrogen-bond acceptors (Lipinski definition) is 3. The van der Waals surface area contributed by atoms with Crippen LogP contribution in [0.15, 0.2) is 53.4 Å². The van der Waals surface area contributed by atoms with Gasteiger partial charge in [0.25, 0.3) is 0 Å². The second-order valence-electron chi connectivity index (χ2n) is 4.11. The van der Waals surface area contributed by atoms with Gasteiger partial charge in [-0.15, -0.1) is 11.8 Å². The van der Waals surface area contributed by atoms with Gasteiger partial charge < -0.3 is 4.74 Å². The summed E-state index contributed by atoms with van der Waals surface area (Å²) in [5.41, 5.74) is 0.973. The largest absolute Gasteiger partial charge is 0.493 e. The molecule has 0 aromatic heterocycles. The van der Waals surface area contributed by atoms with Crippen LogP contribution in [0.4, 0.5) is 4.39 Å². The molecule has 2 aromatic rings. The van der Waals surface area contributed by atoms with Crippen LogP contribution in [0, 0.1) is 17.1 Å². The molecule has 2 rings (SSSR count). The second kappa shape index (κ2) is 7.56. The van der Waals surface area contributed by atoms with Crippen LogP contribution in [-0.2, 0) is 6.42 Å². The first-order chi connectivity index (χ1) is 9.79. The lowest BCUT2D eigenvalue weighted by Gasteiger charge is -2.07. The average molecular weight is 287 g/mol. The highest BCUT2D eigenvalue weighted by atomic mass is 32.2. The van der Waals surface area contributed by atoms with E-state index in [0.29, 0.717) is 23.7 Å². The molecule has 2 aromatic carbocycles. The molecule has 2 nitrogen and oxygen atoms in total. The number of rotatable bonds is 6. The minimum Gasteiger partial charge on any atom is -0.493 e. The minimum absolute atomic E-state index is 0.196. The number of thioether (sulfide) groups is 1. The van der Waals surface area contributed by atoms with Crippen LogP contribution >= 0.6 is 11.8 Å². The number of hydrogen-bond donors (Lipinski definition) is 0. The van der Waals surface area contributed by atoms with Gasteiger partial charge in [0.05, 0.1) is 19.1 Å². The first kappa shape index (κ1) is 14.4. The van der Waals surface area contributed by atoms with Crippen molar-refractivity contribution in [3.8, 4) is 11.8 Å². The summed E-state index contributed by atoms with van der Waals surface area (Å²) in [6, 6.07) is 16.3. The van der Waals surface area contributed by atoms with Crippen molar-refractivity contribution in [2.45, 2.75) is 11.3 Å². The van der Waals surface area contributed by atoms with E-state index in [2.05, 4.69) is 6.07 Å². The van der Waals surface area contributed by atoms with E-state index < -0.39 is 0 Å². The van der Waals surface area contributed by atoms with Crippen LogP contribution in [0.25, 0.3) is 0 Å². The van der Waals surface area contributed by atoms with Gasteiger partial charge in [-0.1, -0.05) is 24.3 Å². The molecule has 0 spiro atoms. The maximum absolute atomic E-state index is 13.4. The van der Waals surface area contributed by atoms with Gasteiger partial charge in [-0.25, -0.2) is 4.39 Å². The molecule has 0 heterocycles. The van der Waals surface area contributed by atoms with Gasteiger partial charge in [-0.2, -0.15) is 5.26 Å². The fourth-order valence-electron chi connectivity index (χ4n) is 1.67. The lowest BCUT2D eigenvalue weighted by Crippen LogP contribution is -2.00. The molecule has 0 atom stereocenters. The zero-order valence-corrected chi connectivity index (χ0v) is 11.7. The summed E-state index contributed by atoms with van der Waals surface area (Å²) in [6.45, 7) is 0.511. The lowest BCUT2D eigenvalue weighted by atomic mass is 10.2. The number of halogens is 1. The third-order valence-electron chi connectivity index (χ3n) is 2.65. The first-order valence-corrected chi connectivity index (χ1v) is 7.24. The topological polar surface area (TPSA) is 33.0 Å². The Labute approximate surface area is 122 Å². The van der Waals surface area contributed by atoms with Crippen molar-refractivity contribution in [2.75, 3.05) is 12.4 Å². The second-order valence-corrected chi connectivity index (χ2v) is 5.24. The maximum atomic E-state index is 13.4. The van der Waals surface area contributed by atoms with E-state index in [1.54, 1.807) is 12.1 Å². The van der Waals surface area contributed by atoms with Crippen molar-refractivity contribution in [3.05, 3.63) is 59.9 Å². The molecule has 0 saturated heterocycles. The van der Waals surface area contributed by atoms with E-state index >= 15 is 0 Å². The highest BCUT2D eigenvalue weighted by Gasteiger charge is 2.01. The maximum Gasteiger partial charge on any atom is 0.136 e. The lowest BCUT2D eigenvalue weighted by molar-refractivity contribution is 0.344. The van der Waals surface area contributed by atoms with Crippen LogP contribution in [0.1, 0.15) is 5.56 Å². The van der Waals surface area contributed by atoms with Crippen LogP contribution in [0.5, 0.6) is 5.75 Å². The number of benzene rings is 2. The first-order valence-electron chi connectivity index (χ1n) is 6.25. The molecule has 0 aliphatic heterocycles. The predicted octanol–water partition coefficient (Wildman–Crippen LogP) is 4.06. The third kappa shape index (κ3) is 4.29. The summed E-state index contributed by atoms with van der Waals surface area (Å²) >= 11 is 1.43. The molecule has 0 radical (unpaired) electrons. The van der Waals surface area contributed by atoms with E-state index in [9.17, 15) is 4.39 Å². The van der Waals surface area contributed by atoms with Crippen LogP contribution in [0.3, 0.4) is 0 Å². The van der Waals surface area contributed by atoms with Crippen molar-refractivity contribution in [1.82, 2.24) is 0 Å². The van der Waals surface area contributed by atoms with Crippen molar-refractivity contribution in [1.29, 1.82) is 5.26 Å². The Morgan fingerprint density at radius 3 is 2.55 bits per heavy atom. The molecule has 102 valence electrons. The van der Waals surface area contributed by atoms with Crippen LogP contribution in [-0.4, -0.2) is 12.4 Å². The summed E-state index contributed by atoms with van der Waals surface area (Å²) in [5.74, 6) is 1.25. The number of nitriles is 1. The summed E-state index contributed by atoms with van der Waals surface area (Å²) in [6.07, 6.45) is 0.406. The number of nitrogens with zero attached hydrogens (tertiary/aromatic N) is 1. The Bertz CT molecular complexity index is 592. The molecular formula is C16H14FNOS. The Morgan fingerprint density at radius 2 is 1.85 bits per heavy atom. The van der Waals surface area contributed by atoms with Gasteiger partial charge in [-0.05, 0) is 29.8 Å². The predicted molar refractivity (Wildman–Crippen MR) is 78.4 cm³/mol. The molecule has 4 heteroatoms. The molecule has 0 saturated carbocycles. The van der Waals surface area contributed by atoms with Gasteiger partial charge in [0.2, 0.25) is 0 Å². The monoisotopic (exact) mass is 287 g/mol. The van der Waals surface area contributed by atoms with E-state index in [1.165, 1.54) is 17.8 Å². The molecule has 0 fully saturated rings. The molecule has 0 bridgehead atoms. The Balaban J connectivity index is 1.76. The molecule has 0 aliphatic carbocycles. The molecule has 0 N–H and O–H groups in total. The van der Waals surface area contributed by atoms with E-state index in [-0.39, 0.29) is 5.82 Å². The average Bonchev–Trinajstić information content (AvgIpc) is 2.47. The summed E-state index contributed by atoms with van der Waals surface area (Å²) < 4.78 is 18.9. The van der Waals surface area contributed by atoms with Crippen LogP contribution < -0.4 is 4.74 Å². The van der Waals surface area contributed by atoms with Crippen molar-refractivity contribution in [2.24, 2.45) is 0 Å². The van der Waals surface area contributed by atoms with Gasteiger partial charge in [0, 0.05) is 10.6 Å². The van der Waals surface area contributed by atoms with Crippen molar-refractivity contribution >= 4 is 11.8 Å². The summed E-state index contributed by atoms with van der Waals surface area (Å²) in [5, 5.41) is 8.58.